The SMILES string of the molecule is CCCCN(/C=C(/C#N)C(=O)Nc1ccc(OC)cc1)CCC. The van der Waals surface area contributed by atoms with Gasteiger partial charge in [0.15, 0.2) is 0 Å². The van der Waals surface area contributed by atoms with Crippen LogP contribution in [0.15, 0.2) is 36.0 Å². The summed E-state index contributed by atoms with van der Waals surface area (Å²) < 4.78 is 5.08. The van der Waals surface area contributed by atoms with Gasteiger partial charge in [0.1, 0.15) is 17.4 Å². The predicted octanol–water partition coefficient (Wildman–Crippen LogP) is 3.55. The molecule has 0 atom stereocenters. The van der Waals surface area contributed by atoms with Crippen molar-refractivity contribution in [3.63, 3.8) is 0 Å². The van der Waals surface area contributed by atoms with Crippen LogP contribution < -0.4 is 10.1 Å². The van der Waals surface area contributed by atoms with Crippen molar-refractivity contribution in [2.24, 2.45) is 0 Å². The molecule has 0 aliphatic rings. The van der Waals surface area contributed by atoms with E-state index in [1.807, 2.05) is 11.0 Å². The van der Waals surface area contributed by atoms with Gasteiger partial charge >= 0.3 is 0 Å². The Hall–Kier alpha value is -2.48. The Bertz CT molecular complexity index is 559. The minimum Gasteiger partial charge on any atom is -0.497 e. The Labute approximate surface area is 138 Å². The van der Waals surface area contributed by atoms with Crippen LogP contribution in [0.3, 0.4) is 0 Å². The molecule has 0 saturated carbocycles. The molecule has 1 aromatic carbocycles. The molecule has 0 unspecified atom stereocenters. The molecule has 124 valence electrons. The Morgan fingerprint density at radius 2 is 1.96 bits per heavy atom. The predicted molar refractivity (Wildman–Crippen MR) is 92.1 cm³/mol. The van der Waals surface area contributed by atoms with Crippen LogP contribution in [-0.4, -0.2) is 31.0 Å². The molecule has 0 aromatic heterocycles. The van der Waals surface area contributed by atoms with Gasteiger partial charge in [0.05, 0.1) is 7.11 Å². The Kier molecular flexibility index (Phi) is 8.30. The summed E-state index contributed by atoms with van der Waals surface area (Å²) >= 11 is 0. The van der Waals surface area contributed by atoms with Crippen molar-refractivity contribution in [3.05, 3.63) is 36.0 Å². The summed E-state index contributed by atoms with van der Waals surface area (Å²) in [7, 11) is 1.59. The summed E-state index contributed by atoms with van der Waals surface area (Å²) in [5, 5.41) is 12.0. The van der Waals surface area contributed by atoms with E-state index < -0.39 is 5.91 Å². The number of unbranched alkanes of at least 4 members (excludes halogenated alkanes) is 1. The van der Waals surface area contributed by atoms with Crippen LogP contribution in [0.5, 0.6) is 5.75 Å². The first kappa shape index (κ1) is 18.6. The summed E-state index contributed by atoms with van der Waals surface area (Å²) in [6.07, 6.45) is 4.75. The number of methoxy groups -OCH3 is 1. The molecule has 5 nitrogen and oxygen atoms in total. The first-order valence-corrected chi connectivity index (χ1v) is 7.96. The van der Waals surface area contributed by atoms with Crippen LogP contribution in [0, 0.1) is 11.3 Å². The molecule has 0 heterocycles. The molecule has 0 aliphatic heterocycles. The minimum atomic E-state index is -0.393. The van der Waals surface area contributed by atoms with Crippen LogP contribution in [-0.2, 0) is 4.79 Å². The van der Waals surface area contributed by atoms with Gasteiger partial charge < -0.3 is 15.0 Å². The third-order valence-electron chi connectivity index (χ3n) is 3.33. The van der Waals surface area contributed by atoms with Gasteiger partial charge in [-0.1, -0.05) is 20.3 Å². The third-order valence-corrected chi connectivity index (χ3v) is 3.33. The number of hydrogen-bond donors (Lipinski definition) is 1. The fourth-order valence-corrected chi connectivity index (χ4v) is 2.08. The Balaban J connectivity index is 2.78. The van der Waals surface area contributed by atoms with E-state index in [-0.39, 0.29) is 5.57 Å². The maximum Gasteiger partial charge on any atom is 0.267 e. The van der Waals surface area contributed by atoms with Crippen molar-refractivity contribution >= 4 is 11.6 Å². The molecule has 0 radical (unpaired) electrons. The zero-order valence-corrected chi connectivity index (χ0v) is 14.1. The molecule has 1 N–H and O–H groups in total. The van der Waals surface area contributed by atoms with Gasteiger partial charge in [-0.2, -0.15) is 5.26 Å². The van der Waals surface area contributed by atoms with E-state index >= 15 is 0 Å². The lowest BCUT2D eigenvalue weighted by Crippen LogP contribution is -2.23. The van der Waals surface area contributed by atoms with Gasteiger partial charge in [0, 0.05) is 25.0 Å². The average molecular weight is 315 g/mol. The smallest absolute Gasteiger partial charge is 0.267 e. The first-order chi connectivity index (χ1) is 11.1. The highest BCUT2D eigenvalue weighted by Gasteiger charge is 2.11. The molecule has 0 bridgehead atoms. The maximum atomic E-state index is 12.3. The first-order valence-electron chi connectivity index (χ1n) is 7.96. The topological polar surface area (TPSA) is 65.4 Å². The summed E-state index contributed by atoms with van der Waals surface area (Å²) in [4.78, 5) is 14.3. The second kappa shape index (κ2) is 10.3. The molecule has 0 spiro atoms. The number of carbonyl (C=O) groups excluding carboxylic acids is 1. The highest BCUT2D eigenvalue weighted by atomic mass is 16.5. The molecule has 0 fully saturated rings. The molecule has 23 heavy (non-hydrogen) atoms. The second-order valence-corrected chi connectivity index (χ2v) is 5.23. The quantitative estimate of drug-likeness (QED) is 0.559. The average Bonchev–Trinajstić information content (AvgIpc) is 2.57. The van der Waals surface area contributed by atoms with E-state index in [1.165, 1.54) is 0 Å². The van der Waals surface area contributed by atoms with Crippen LogP contribution in [0.2, 0.25) is 0 Å². The summed E-state index contributed by atoms with van der Waals surface area (Å²) in [6, 6.07) is 9.00. The van der Waals surface area contributed by atoms with Crippen molar-refractivity contribution in [1.82, 2.24) is 4.90 Å². The number of benzene rings is 1. The van der Waals surface area contributed by atoms with Crippen molar-refractivity contribution in [2.75, 3.05) is 25.5 Å². The molecule has 0 saturated heterocycles. The molecule has 1 rings (SSSR count). The van der Waals surface area contributed by atoms with E-state index in [0.717, 1.165) is 32.4 Å². The van der Waals surface area contributed by atoms with Gasteiger partial charge in [-0.15, -0.1) is 0 Å². The van der Waals surface area contributed by atoms with Crippen LogP contribution in [0.4, 0.5) is 5.69 Å². The minimum absolute atomic E-state index is 0.116. The van der Waals surface area contributed by atoms with E-state index in [2.05, 4.69) is 19.2 Å². The maximum absolute atomic E-state index is 12.3. The highest BCUT2D eigenvalue weighted by molar-refractivity contribution is 6.06. The lowest BCUT2D eigenvalue weighted by molar-refractivity contribution is -0.112. The van der Waals surface area contributed by atoms with Crippen molar-refractivity contribution < 1.29 is 9.53 Å². The highest BCUT2D eigenvalue weighted by Crippen LogP contribution is 2.15. The third kappa shape index (κ3) is 6.43. The number of carbonyl (C=O) groups is 1. The van der Waals surface area contributed by atoms with Crippen molar-refractivity contribution in [3.8, 4) is 11.8 Å². The zero-order chi connectivity index (χ0) is 17.1. The lowest BCUT2D eigenvalue weighted by Gasteiger charge is -2.19. The lowest BCUT2D eigenvalue weighted by atomic mass is 10.2. The fourth-order valence-electron chi connectivity index (χ4n) is 2.08. The van der Waals surface area contributed by atoms with E-state index in [0.29, 0.717) is 11.4 Å². The standard InChI is InChI=1S/C18H25N3O2/c1-4-6-12-21(11-5-2)14-15(13-19)18(22)20-16-7-9-17(23-3)10-8-16/h7-10,14H,4-6,11-12H2,1-3H3,(H,20,22)/b15-14-. The van der Waals surface area contributed by atoms with Crippen molar-refractivity contribution in [1.29, 1.82) is 5.26 Å². The summed E-state index contributed by atoms with van der Waals surface area (Å²) in [5.74, 6) is 0.322. The zero-order valence-electron chi connectivity index (χ0n) is 14.1. The second-order valence-electron chi connectivity index (χ2n) is 5.23. The van der Waals surface area contributed by atoms with Crippen molar-refractivity contribution in [2.45, 2.75) is 33.1 Å². The Morgan fingerprint density at radius 3 is 2.48 bits per heavy atom. The summed E-state index contributed by atoms with van der Waals surface area (Å²) in [6.45, 7) is 5.89. The van der Waals surface area contributed by atoms with Gasteiger partial charge in [-0.05, 0) is 37.1 Å². The van der Waals surface area contributed by atoms with Gasteiger partial charge in [-0.3, -0.25) is 4.79 Å². The van der Waals surface area contributed by atoms with Gasteiger partial charge in [-0.25, -0.2) is 0 Å². The molecule has 5 heteroatoms. The number of nitriles is 1. The largest absolute Gasteiger partial charge is 0.497 e. The number of nitrogens with zero attached hydrogens (tertiary/aromatic N) is 2. The van der Waals surface area contributed by atoms with E-state index in [4.69, 9.17) is 4.74 Å². The van der Waals surface area contributed by atoms with Crippen LogP contribution in [0.1, 0.15) is 33.1 Å². The summed E-state index contributed by atoms with van der Waals surface area (Å²) in [5.41, 5.74) is 0.748. The molecule has 0 aliphatic carbocycles. The molecule has 1 amide bonds. The number of hydrogen-bond acceptors (Lipinski definition) is 4. The van der Waals surface area contributed by atoms with Gasteiger partial charge in [0.2, 0.25) is 0 Å². The normalized spacial score (nSPS) is 10.8. The van der Waals surface area contributed by atoms with E-state index in [1.54, 1.807) is 37.6 Å². The number of nitrogens with one attached hydrogen (secondary N) is 1. The van der Waals surface area contributed by atoms with E-state index in [9.17, 15) is 10.1 Å². The number of rotatable bonds is 9. The van der Waals surface area contributed by atoms with Gasteiger partial charge in [0.25, 0.3) is 5.91 Å². The molecular formula is C18H25N3O2. The molecule has 1 aromatic rings. The number of anilines is 1. The van der Waals surface area contributed by atoms with Crippen LogP contribution >= 0.6 is 0 Å². The van der Waals surface area contributed by atoms with Crippen LogP contribution in [0.25, 0.3) is 0 Å². The fraction of sp³-hybridized carbons (Fsp3) is 0.444. The number of amides is 1. The molecular weight excluding hydrogens is 290 g/mol. The monoisotopic (exact) mass is 315 g/mol. The Morgan fingerprint density at radius 1 is 1.26 bits per heavy atom. The number of ether oxygens (including phenoxy) is 1.